The number of hydrogen-bond acceptors (Lipinski definition) is 6. The van der Waals surface area contributed by atoms with Crippen LogP contribution in [0.25, 0.3) is 0 Å². The number of carbonyl (C=O) groups is 1. The highest BCUT2D eigenvalue weighted by Crippen LogP contribution is 2.27. The van der Waals surface area contributed by atoms with Crippen LogP contribution in [0.4, 0.5) is 10.8 Å². The van der Waals surface area contributed by atoms with Gasteiger partial charge in [0, 0.05) is 16.0 Å². The van der Waals surface area contributed by atoms with Crippen molar-refractivity contribution in [1.29, 1.82) is 0 Å². The zero-order valence-corrected chi connectivity index (χ0v) is 17.7. The van der Waals surface area contributed by atoms with Crippen LogP contribution in [0.3, 0.4) is 0 Å². The Bertz CT molecular complexity index is 1050. The molecule has 0 bridgehead atoms. The Morgan fingerprint density at radius 1 is 1.11 bits per heavy atom. The van der Waals surface area contributed by atoms with Gasteiger partial charge in [-0.3, -0.25) is 9.52 Å². The van der Waals surface area contributed by atoms with Gasteiger partial charge in [0.05, 0.1) is 15.8 Å². The van der Waals surface area contributed by atoms with Crippen LogP contribution in [0.5, 0.6) is 0 Å². The molecule has 1 amide bonds. The fourth-order valence-electron chi connectivity index (χ4n) is 2.29. The fraction of sp³-hybridized carbons (Fsp3) is 0.158. The van der Waals surface area contributed by atoms with Crippen molar-refractivity contribution in [2.75, 3.05) is 10.0 Å². The van der Waals surface area contributed by atoms with Crippen molar-refractivity contribution in [1.82, 2.24) is 4.98 Å². The first kappa shape index (κ1) is 20.4. The zero-order chi connectivity index (χ0) is 20.1. The van der Waals surface area contributed by atoms with Gasteiger partial charge in [-0.05, 0) is 50.2 Å². The molecule has 1 aromatic heterocycles. The van der Waals surface area contributed by atoms with Crippen molar-refractivity contribution >= 4 is 49.8 Å². The van der Waals surface area contributed by atoms with Gasteiger partial charge in [0.25, 0.3) is 10.0 Å². The maximum atomic E-state index is 12.4. The van der Waals surface area contributed by atoms with E-state index in [-0.39, 0.29) is 16.1 Å². The topological polar surface area (TPSA) is 88.2 Å². The minimum absolute atomic E-state index is 0.131. The van der Waals surface area contributed by atoms with E-state index < -0.39 is 10.0 Å². The second kappa shape index (κ2) is 8.76. The molecule has 0 saturated carbocycles. The number of thiazole rings is 1. The summed E-state index contributed by atoms with van der Waals surface area (Å²) in [6.45, 7) is 3.68. The third kappa shape index (κ3) is 5.34. The summed E-state index contributed by atoms with van der Waals surface area (Å²) in [5.74, 6) is -0.131. The number of rotatable bonds is 7. The SMILES string of the molecule is Cc1csc(NC(=O)C(C)Sc2ccc(NS(=O)(=O)c3ccccc3)cc2)n1. The van der Waals surface area contributed by atoms with Gasteiger partial charge in [0.2, 0.25) is 5.91 Å². The molecule has 2 N–H and O–H groups in total. The van der Waals surface area contributed by atoms with Crippen molar-refractivity contribution in [2.45, 2.75) is 28.9 Å². The van der Waals surface area contributed by atoms with Gasteiger partial charge in [0.1, 0.15) is 0 Å². The molecule has 3 rings (SSSR count). The zero-order valence-electron chi connectivity index (χ0n) is 15.2. The number of anilines is 2. The van der Waals surface area contributed by atoms with E-state index in [1.807, 2.05) is 19.2 Å². The van der Waals surface area contributed by atoms with Crippen LogP contribution in [0, 0.1) is 6.92 Å². The molecule has 6 nitrogen and oxygen atoms in total. The molecule has 28 heavy (non-hydrogen) atoms. The van der Waals surface area contributed by atoms with Crippen molar-refractivity contribution < 1.29 is 13.2 Å². The highest BCUT2D eigenvalue weighted by atomic mass is 32.2. The molecule has 0 aliphatic carbocycles. The first-order chi connectivity index (χ1) is 13.3. The minimum atomic E-state index is -3.62. The number of amides is 1. The smallest absolute Gasteiger partial charge is 0.261 e. The summed E-state index contributed by atoms with van der Waals surface area (Å²) < 4.78 is 27.3. The molecule has 0 spiro atoms. The van der Waals surface area contributed by atoms with Crippen LogP contribution < -0.4 is 10.0 Å². The van der Waals surface area contributed by atoms with E-state index in [0.29, 0.717) is 10.8 Å². The summed E-state index contributed by atoms with van der Waals surface area (Å²) in [6, 6.07) is 15.1. The molecule has 1 heterocycles. The molecule has 0 saturated heterocycles. The van der Waals surface area contributed by atoms with E-state index in [2.05, 4.69) is 15.0 Å². The molecule has 0 fully saturated rings. The number of nitrogens with one attached hydrogen (secondary N) is 2. The van der Waals surface area contributed by atoms with Gasteiger partial charge < -0.3 is 5.32 Å². The highest BCUT2D eigenvalue weighted by molar-refractivity contribution is 8.00. The van der Waals surface area contributed by atoms with E-state index in [9.17, 15) is 13.2 Å². The van der Waals surface area contributed by atoms with Crippen LogP contribution in [-0.2, 0) is 14.8 Å². The van der Waals surface area contributed by atoms with E-state index >= 15 is 0 Å². The van der Waals surface area contributed by atoms with E-state index in [0.717, 1.165) is 10.6 Å². The standard InChI is InChI=1S/C19H19N3O3S3/c1-13-12-26-19(20-13)21-18(23)14(2)27-16-10-8-15(9-11-16)22-28(24,25)17-6-4-3-5-7-17/h3-12,14,22H,1-2H3,(H,20,21,23). The summed E-state index contributed by atoms with van der Waals surface area (Å²) in [5, 5.41) is 4.94. The van der Waals surface area contributed by atoms with E-state index in [1.54, 1.807) is 42.5 Å². The van der Waals surface area contributed by atoms with Gasteiger partial charge in [-0.2, -0.15) is 0 Å². The molecule has 9 heteroatoms. The molecule has 0 aliphatic rings. The molecular formula is C19H19N3O3S3. The summed E-state index contributed by atoms with van der Waals surface area (Å²) in [6.07, 6.45) is 0. The van der Waals surface area contributed by atoms with Crippen LogP contribution in [0.2, 0.25) is 0 Å². The number of benzene rings is 2. The summed E-state index contributed by atoms with van der Waals surface area (Å²) >= 11 is 2.78. The third-order valence-electron chi connectivity index (χ3n) is 3.69. The second-order valence-corrected chi connectivity index (χ2v) is 9.94. The van der Waals surface area contributed by atoms with Gasteiger partial charge in [0.15, 0.2) is 5.13 Å². The lowest BCUT2D eigenvalue weighted by Crippen LogP contribution is -2.22. The van der Waals surface area contributed by atoms with Crippen LogP contribution >= 0.6 is 23.1 Å². The predicted molar refractivity (Wildman–Crippen MR) is 114 cm³/mol. The van der Waals surface area contributed by atoms with Crippen molar-refractivity contribution in [3.63, 3.8) is 0 Å². The Kier molecular flexibility index (Phi) is 6.38. The lowest BCUT2D eigenvalue weighted by atomic mass is 10.3. The Morgan fingerprint density at radius 2 is 1.79 bits per heavy atom. The maximum absolute atomic E-state index is 12.4. The molecule has 2 aromatic carbocycles. The Balaban J connectivity index is 1.60. The Labute approximate surface area is 172 Å². The van der Waals surface area contributed by atoms with Crippen LogP contribution in [0.1, 0.15) is 12.6 Å². The Hall–Kier alpha value is -2.36. The molecule has 0 aliphatic heterocycles. The normalized spacial score (nSPS) is 12.4. The molecular weight excluding hydrogens is 414 g/mol. The molecule has 1 atom stereocenters. The number of thioether (sulfide) groups is 1. The van der Waals surface area contributed by atoms with Crippen molar-refractivity contribution in [3.05, 3.63) is 65.7 Å². The summed E-state index contributed by atoms with van der Waals surface area (Å²) in [4.78, 5) is 17.6. The van der Waals surface area contributed by atoms with Crippen LogP contribution in [-0.4, -0.2) is 24.6 Å². The number of aryl methyl sites for hydroxylation is 1. The second-order valence-electron chi connectivity index (χ2n) is 5.99. The highest BCUT2D eigenvalue weighted by Gasteiger charge is 2.17. The number of hydrogen-bond donors (Lipinski definition) is 2. The van der Waals surface area contributed by atoms with E-state index in [4.69, 9.17) is 0 Å². The molecule has 0 radical (unpaired) electrons. The van der Waals surface area contributed by atoms with Gasteiger partial charge in [-0.15, -0.1) is 23.1 Å². The van der Waals surface area contributed by atoms with Crippen molar-refractivity contribution in [3.8, 4) is 0 Å². The molecule has 146 valence electrons. The minimum Gasteiger partial charge on any atom is -0.301 e. The average molecular weight is 434 g/mol. The molecule has 1 unspecified atom stereocenters. The first-order valence-corrected chi connectivity index (χ1v) is 11.7. The first-order valence-electron chi connectivity index (χ1n) is 8.41. The fourth-order valence-corrected chi connectivity index (χ4v) is 4.93. The third-order valence-corrected chi connectivity index (χ3v) is 7.08. The number of nitrogens with zero attached hydrogens (tertiary/aromatic N) is 1. The van der Waals surface area contributed by atoms with Gasteiger partial charge >= 0.3 is 0 Å². The number of sulfonamides is 1. The lowest BCUT2D eigenvalue weighted by Gasteiger charge is -2.12. The summed E-state index contributed by atoms with van der Waals surface area (Å²) in [5.41, 5.74) is 1.33. The average Bonchev–Trinajstić information content (AvgIpc) is 3.08. The molecule has 3 aromatic rings. The Morgan fingerprint density at radius 3 is 2.39 bits per heavy atom. The maximum Gasteiger partial charge on any atom is 0.261 e. The van der Waals surface area contributed by atoms with Crippen LogP contribution in [0.15, 0.2) is 69.8 Å². The lowest BCUT2D eigenvalue weighted by molar-refractivity contribution is -0.115. The quantitative estimate of drug-likeness (QED) is 0.540. The van der Waals surface area contributed by atoms with Gasteiger partial charge in [-0.1, -0.05) is 18.2 Å². The number of carbonyl (C=O) groups excluding carboxylic acids is 1. The largest absolute Gasteiger partial charge is 0.301 e. The summed E-state index contributed by atoms with van der Waals surface area (Å²) in [7, 11) is -3.62. The number of aromatic nitrogens is 1. The van der Waals surface area contributed by atoms with Crippen molar-refractivity contribution in [2.24, 2.45) is 0 Å². The monoisotopic (exact) mass is 433 g/mol. The van der Waals surface area contributed by atoms with Gasteiger partial charge in [-0.25, -0.2) is 13.4 Å². The predicted octanol–water partition coefficient (Wildman–Crippen LogP) is 4.37. The van der Waals surface area contributed by atoms with E-state index in [1.165, 1.54) is 35.2 Å².